The second kappa shape index (κ2) is 3.68. The van der Waals surface area contributed by atoms with Crippen LogP contribution in [-0.2, 0) is 33.1 Å². The van der Waals surface area contributed by atoms with Gasteiger partial charge in [-0.05, 0) is 0 Å². The summed E-state index contributed by atoms with van der Waals surface area (Å²) in [5.74, 6) is -0.293. The summed E-state index contributed by atoms with van der Waals surface area (Å²) in [4.78, 5) is 23.1. The van der Waals surface area contributed by atoms with Gasteiger partial charge >= 0.3 is 86.6 Å². The van der Waals surface area contributed by atoms with E-state index in [1.165, 1.54) is 4.88 Å². The standard InChI is InChI=1S/C8H6O3S.Zn/c9-6-11-8(10)4-3-7-2-1-5-12-7;/h1-2,4-5H,3H2;. The minimum absolute atomic E-state index is 0.0707. The van der Waals surface area contributed by atoms with Crippen LogP contribution in [0.2, 0.25) is 4.51 Å². The van der Waals surface area contributed by atoms with Crippen LogP contribution in [-0.4, -0.2) is 10.5 Å². The van der Waals surface area contributed by atoms with Gasteiger partial charge in [0.15, 0.2) is 0 Å². The van der Waals surface area contributed by atoms with E-state index >= 15 is 0 Å². The number of carbonyl (C=O) groups excluding carboxylic acids is 2. The number of carbonyl (C=O) groups is 2. The van der Waals surface area contributed by atoms with E-state index in [2.05, 4.69) is 4.74 Å². The van der Waals surface area contributed by atoms with Crippen molar-refractivity contribution in [1.82, 2.24) is 0 Å². The molecule has 0 aliphatic carbocycles. The Balaban J connectivity index is 2.03. The predicted molar refractivity (Wildman–Crippen MR) is 43.3 cm³/mol. The Morgan fingerprint density at radius 3 is 2.92 bits per heavy atom. The van der Waals surface area contributed by atoms with Crippen molar-refractivity contribution in [3.63, 3.8) is 0 Å². The molecule has 1 atom stereocenters. The van der Waals surface area contributed by atoms with Crippen molar-refractivity contribution < 1.29 is 31.5 Å². The van der Waals surface area contributed by atoms with Crippen LogP contribution >= 0.6 is 11.3 Å². The van der Waals surface area contributed by atoms with E-state index in [0.29, 0.717) is 6.42 Å². The van der Waals surface area contributed by atoms with Crippen LogP contribution < -0.4 is 0 Å². The Labute approximate surface area is 86.7 Å². The van der Waals surface area contributed by atoms with Crippen molar-refractivity contribution in [2.45, 2.75) is 10.9 Å². The fraction of sp³-hybridized carbons (Fsp3) is 0.250. The van der Waals surface area contributed by atoms with E-state index in [1.807, 2.05) is 17.5 Å². The molecule has 0 N–H and O–H groups in total. The molecule has 2 rings (SSSR count). The second-order valence-corrected chi connectivity index (χ2v) is 8.15. The SMILES string of the molecule is O=[C]1OC(=O)[CH](Cc2cccs2)[Zn]1. The average molecular weight is 248 g/mol. The summed E-state index contributed by atoms with van der Waals surface area (Å²) in [6, 6.07) is 3.94. The predicted octanol–water partition coefficient (Wildman–Crippen LogP) is 1.84. The van der Waals surface area contributed by atoms with Gasteiger partial charge in [0.2, 0.25) is 0 Å². The molecule has 1 fully saturated rings. The van der Waals surface area contributed by atoms with Gasteiger partial charge in [-0.1, -0.05) is 0 Å². The van der Waals surface area contributed by atoms with Gasteiger partial charge in [-0.2, -0.15) is 0 Å². The normalized spacial score (nSPS) is 20.8. The number of hydrogen-bond acceptors (Lipinski definition) is 4. The molecule has 5 heteroatoms. The molecule has 1 aromatic rings. The van der Waals surface area contributed by atoms with Crippen molar-refractivity contribution in [3.05, 3.63) is 22.4 Å². The Morgan fingerprint density at radius 1 is 1.54 bits per heavy atom. The Hall–Kier alpha value is -0.537. The fourth-order valence-corrected chi connectivity index (χ4v) is 5.37. The molecular formula is C8H6O3SZn. The zero-order chi connectivity index (χ0) is 9.26. The van der Waals surface area contributed by atoms with Crippen molar-refractivity contribution in [3.8, 4) is 0 Å². The van der Waals surface area contributed by atoms with Gasteiger partial charge < -0.3 is 0 Å². The quantitative estimate of drug-likeness (QED) is 0.455. The van der Waals surface area contributed by atoms with Crippen LogP contribution in [0.5, 0.6) is 0 Å². The van der Waals surface area contributed by atoms with E-state index in [9.17, 15) is 9.59 Å². The van der Waals surface area contributed by atoms with Crippen LogP contribution in [0.25, 0.3) is 0 Å². The van der Waals surface area contributed by atoms with E-state index in [-0.39, 0.29) is 15.0 Å². The molecule has 1 aliphatic rings. The first-order valence-corrected chi connectivity index (χ1v) is 8.10. The van der Waals surface area contributed by atoms with Gasteiger partial charge in [0.25, 0.3) is 0 Å². The van der Waals surface area contributed by atoms with Gasteiger partial charge in [-0.25, -0.2) is 0 Å². The summed E-state index contributed by atoms with van der Waals surface area (Å²) < 4.78 is 4.25. The molecule has 0 spiro atoms. The molecule has 0 aromatic carbocycles. The van der Waals surface area contributed by atoms with E-state index in [0.717, 1.165) is 0 Å². The number of cyclic esters (lactones) is 2. The van der Waals surface area contributed by atoms with Gasteiger partial charge in [0.1, 0.15) is 0 Å². The molecular weight excluding hydrogens is 242 g/mol. The Bertz CT molecular complexity index is 333. The Morgan fingerprint density at radius 2 is 2.38 bits per heavy atom. The number of esters is 1. The van der Waals surface area contributed by atoms with Crippen LogP contribution in [0.1, 0.15) is 4.88 Å². The van der Waals surface area contributed by atoms with Crippen LogP contribution in [0, 0.1) is 0 Å². The molecule has 1 saturated heterocycles. The van der Waals surface area contributed by atoms with Crippen LogP contribution in [0.4, 0.5) is 4.79 Å². The van der Waals surface area contributed by atoms with Crippen molar-refractivity contribution in [2.75, 3.05) is 0 Å². The summed E-state index contributed by atoms with van der Waals surface area (Å²) in [6.07, 6.45) is 0.711. The molecule has 3 nitrogen and oxygen atoms in total. The first kappa shape index (κ1) is 9.04. The summed E-state index contributed by atoms with van der Waals surface area (Å²) in [5, 5.41) is 1.98. The Kier molecular flexibility index (Phi) is 2.56. The maximum atomic E-state index is 11.1. The summed E-state index contributed by atoms with van der Waals surface area (Å²) >= 11 is 0.203. The third kappa shape index (κ3) is 2.03. The molecule has 1 aromatic heterocycles. The van der Waals surface area contributed by atoms with E-state index in [4.69, 9.17) is 0 Å². The summed E-state index contributed by atoms with van der Waals surface area (Å²) in [5.41, 5.74) is 0. The number of hydrogen-bond donors (Lipinski definition) is 0. The third-order valence-electron chi connectivity index (χ3n) is 1.99. The number of rotatable bonds is 2. The monoisotopic (exact) mass is 246 g/mol. The molecule has 1 unspecified atom stereocenters. The number of ether oxygens (including phenoxy) is 1. The zero-order valence-electron chi connectivity index (χ0n) is 6.86. The molecule has 0 radical (unpaired) electrons. The van der Waals surface area contributed by atoms with Gasteiger partial charge in [-0.3, -0.25) is 0 Å². The van der Waals surface area contributed by atoms with Crippen molar-refractivity contribution in [2.24, 2.45) is 0 Å². The molecule has 0 amide bonds. The maximum absolute atomic E-state index is 11.1. The molecule has 1 aliphatic heterocycles. The fourth-order valence-electron chi connectivity index (χ4n) is 1.35. The zero-order valence-corrected chi connectivity index (χ0v) is 10.6. The summed E-state index contributed by atoms with van der Waals surface area (Å²) in [6.45, 7) is 0. The third-order valence-corrected chi connectivity index (χ3v) is 6.23. The second-order valence-electron chi connectivity index (χ2n) is 2.98. The van der Waals surface area contributed by atoms with E-state index < -0.39 is 17.1 Å². The van der Waals surface area contributed by atoms with Gasteiger partial charge in [0, 0.05) is 0 Å². The van der Waals surface area contributed by atoms with Crippen molar-refractivity contribution >= 4 is 21.9 Å². The molecule has 0 bridgehead atoms. The minimum atomic E-state index is -1.42. The molecule has 0 saturated carbocycles. The topological polar surface area (TPSA) is 43.4 Å². The summed E-state index contributed by atoms with van der Waals surface area (Å²) in [7, 11) is 0. The first-order chi connectivity index (χ1) is 6.25. The molecule has 2 heterocycles. The number of thiophene rings is 1. The van der Waals surface area contributed by atoms with Gasteiger partial charge in [-0.15, -0.1) is 0 Å². The van der Waals surface area contributed by atoms with Gasteiger partial charge in [0.05, 0.1) is 0 Å². The van der Waals surface area contributed by atoms with E-state index in [1.54, 1.807) is 11.3 Å². The van der Waals surface area contributed by atoms with Crippen molar-refractivity contribution in [1.29, 1.82) is 0 Å². The van der Waals surface area contributed by atoms with Crippen LogP contribution in [0.15, 0.2) is 17.5 Å². The molecule has 13 heavy (non-hydrogen) atoms. The van der Waals surface area contributed by atoms with Crippen LogP contribution in [0.3, 0.4) is 0 Å². The molecule has 64 valence electrons. The first-order valence-electron chi connectivity index (χ1n) is 4.02. The average Bonchev–Trinajstić information content (AvgIpc) is 2.63.